The van der Waals surface area contributed by atoms with Crippen LogP contribution in [0, 0.1) is 23.0 Å². The van der Waals surface area contributed by atoms with Gasteiger partial charge < -0.3 is 14.5 Å². The van der Waals surface area contributed by atoms with Crippen molar-refractivity contribution in [1.82, 2.24) is 9.97 Å². The highest BCUT2D eigenvalue weighted by molar-refractivity contribution is 9.10. The van der Waals surface area contributed by atoms with E-state index in [9.17, 15) is 14.0 Å². The van der Waals surface area contributed by atoms with Crippen molar-refractivity contribution in [2.75, 3.05) is 6.61 Å². The molecule has 0 aliphatic rings. The zero-order valence-electron chi connectivity index (χ0n) is 17.5. The molecule has 0 unspecified atom stereocenters. The van der Waals surface area contributed by atoms with Crippen LogP contribution < -0.4 is 9.47 Å². The maximum Gasteiger partial charge on any atom is 0.162 e. The van der Waals surface area contributed by atoms with Gasteiger partial charge in [0.15, 0.2) is 11.5 Å². The molecule has 0 atom stereocenters. The van der Waals surface area contributed by atoms with Crippen LogP contribution in [0.4, 0.5) is 8.78 Å². The maximum absolute atomic E-state index is 13.5. The topological polar surface area (TPSA) is 70.9 Å². The number of halogens is 3. The summed E-state index contributed by atoms with van der Waals surface area (Å²) >= 11 is 3.52. The second-order valence-corrected chi connectivity index (χ2v) is 7.94. The molecule has 4 aromatic rings. The van der Waals surface area contributed by atoms with Crippen molar-refractivity contribution in [1.29, 1.82) is 5.26 Å². The minimum absolute atomic E-state index is 0.237. The molecule has 0 bridgehead atoms. The lowest BCUT2D eigenvalue weighted by Crippen LogP contribution is -2.00. The molecule has 33 heavy (non-hydrogen) atoms. The van der Waals surface area contributed by atoms with E-state index < -0.39 is 0 Å². The van der Waals surface area contributed by atoms with Crippen LogP contribution in [0.1, 0.15) is 23.9 Å². The van der Waals surface area contributed by atoms with Gasteiger partial charge in [-0.25, -0.2) is 13.8 Å². The van der Waals surface area contributed by atoms with Gasteiger partial charge in [-0.1, -0.05) is 28.1 Å². The Kier molecular flexibility index (Phi) is 6.71. The van der Waals surface area contributed by atoms with Crippen molar-refractivity contribution < 1.29 is 18.3 Å². The molecule has 1 N–H and O–H groups in total. The first-order valence-corrected chi connectivity index (χ1v) is 10.9. The van der Waals surface area contributed by atoms with Gasteiger partial charge in [-0.15, -0.1) is 0 Å². The van der Waals surface area contributed by atoms with E-state index in [2.05, 4.69) is 32.0 Å². The second kappa shape index (κ2) is 9.84. The number of imidazole rings is 1. The summed E-state index contributed by atoms with van der Waals surface area (Å²) in [6, 6.07) is 15.9. The Labute approximate surface area is 197 Å². The lowest BCUT2D eigenvalue weighted by Gasteiger charge is -2.14. The largest absolute Gasteiger partial charge is 0.490 e. The van der Waals surface area contributed by atoms with Crippen LogP contribution in [0.25, 0.3) is 22.7 Å². The number of H-pyrrole nitrogens is 1. The molecule has 0 fully saturated rings. The summed E-state index contributed by atoms with van der Waals surface area (Å²) in [5, 5.41) is 9.72. The lowest BCUT2D eigenvalue weighted by molar-refractivity contribution is 0.269. The fraction of sp³-hybridized carbons (Fsp3) is 0.120. The van der Waals surface area contributed by atoms with E-state index in [0.717, 1.165) is 5.56 Å². The molecule has 0 spiro atoms. The molecule has 3 aromatic carbocycles. The quantitative estimate of drug-likeness (QED) is 0.283. The maximum atomic E-state index is 13.5. The molecule has 0 aliphatic carbocycles. The monoisotopic (exact) mass is 509 g/mol. The first kappa shape index (κ1) is 22.5. The lowest BCUT2D eigenvalue weighted by atomic mass is 10.1. The number of allylic oxidation sites excluding steroid dienone is 1. The summed E-state index contributed by atoms with van der Waals surface area (Å²) in [5.41, 5.74) is 2.83. The molecule has 0 saturated carbocycles. The van der Waals surface area contributed by atoms with Crippen LogP contribution in [0.15, 0.2) is 59.1 Å². The van der Waals surface area contributed by atoms with Gasteiger partial charge in [-0.05, 0) is 66.6 Å². The van der Waals surface area contributed by atoms with Crippen molar-refractivity contribution in [3.8, 4) is 17.6 Å². The van der Waals surface area contributed by atoms with Crippen LogP contribution in [0.3, 0.4) is 0 Å². The summed E-state index contributed by atoms with van der Waals surface area (Å²) in [5.74, 6) is 0.636. The first-order chi connectivity index (χ1) is 16.0. The zero-order valence-corrected chi connectivity index (χ0v) is 19.1. The minimum Gasteiger partial charge on any atom is -0.490 e. The molecule has 1 heterocycles. The average molecular weight is 510 g/mol. The van der Waals surface area contributed by atoms with Crippen molar-refractivity contribution >= 4 is 38.6 Å². The third kappa shape index (κ3) is 5.21. The normalized spacial score (nSPS) is 11.4. The Morgan fingerprint density at radius 2 is 1.79 bits per heavy atom. The van der Waals surface area contributed by atoms with Crippen molar-refractivity contribution in [2.45, 2.75) is 13.5 Å². The van der Waals surface area contributed by atoms with Gasteiger partial charge >= 0.3 is 0 Å². The highest BCUT2D eigenvalue weighted by Gasteiger charge is 2.14. The number of nitrogens with one attached hydrogen (secondary N) is 1. The van der Waals surface area contributed by atoms with Gasteiger partial charge in [-0.3, -0.25) is 0 Å². The predicted octanol–water partition coefficient (Wildman–Crippen LogP) is 6.65. The van der Waals surface area contributed by atoms with E-state index >= 15 is 0 Å². The van der Waals surface area contributed by atoms with Crippen LogP contribution >= 0.6 is 15.9 Å². The fourth-order valence-electron chi connectivity index (χ4n) is 3.20. The van der Waals surface area contributed by atoms with Gasteiger partial charge in [0.25, 0.3) is 0 Å². The van der Waals surface area contributed by atoms with Crippen molar-refractivity contribution in [3.63, 3.8) is 0 Å². The number of fused-ring (bicyclic) bond motifs is 1. The highest BCUT2D eigenvalue weighted by atomic mass is 79.9. The number of rotatable bonds is 7. The Morgan fingerprint density at radius 3 is 2.52 bits per heavy atom. The number of aromatic nitrogens is 2. The Morgan fingerprint density at radius 1 is 1.06 bits per heavy atom. The van der Waals surface area contributed by atoms with E-state index in [-0.39, 0.29) is 23.8 Å². The molecule has 0 aliphatic heterocycles. The molecule has 5 nitrogen and oxygen atoms in total. The third-order valence-electron chi connectivity index (χ3n) is 4.79. The molecule has 1 aromatic heterocycles. The van der Waals surface area contributed by atoms with Gasteiger partial charge in [-0.2, -0.15) is 5.26 Å². The third-order valence-corrected chi connectivity index (χ3v) is 5.48. The van der Waals surface area contributed by atoms with Crippen LogP contribution in [-0.4, -0.2) is 16.6 Å². The standard InChI is InChI=1S/C25H18BrF2N3O2/c1-2-32-23-10-16(20(26)12-24(23)33-14-15-3-5-18(27)6-4-15)9-17(13-29)25-30-21-8-7-19(28)11-22(21)31-25/h3-12H,2,14H2,1H3,(H,30,31)/b17-9-. The van der Waals surface area contributed by atoms with E-state index in [1.165, 1.54) is 24.3 Å². The van der Waals surface area contributed by atoms with Crippen LogP contribution in [0.5, 0.6) is 11.5 Å². The van der Waals surface area contributed by atoms with Crippen LogP contribution in [-0.2, 0) is 6.61 Å². The van der Waals surface area contributed by atoms with E-state index in [0.29, 0.717) is 45.0 Å². The Bertz CT molecular complexity index is 1380. The molecule has 166 valence electrons. The number of hydrogen-bond acceptors (Lipinski definition) is 4. The van der Waals surface area contributed by atoms with Gasteiger partial charge in [0.1, 0.15) is 30.1 Å². The minimum atomic E-state index is -0.388. The fourth-order valence-corrected chi connectivity index (χ4v) is 3.64. The number of aromatic amines is 1. The molecular formula is C25H18BrF2N3O2. The van der Waals surface area contributed by atoms with E-state index in [1.54, 1.807) is 36.4 Å². The predicted molar refractivity (Wildman–Crippen MR) is 126 cm³/mol. The molecule has 0 saturated heterocycles. The van der Waals surface area contributed by atoms with E-state index in [4.69, 9.17) is 9.47 Å². The number of ether oxygens (including phenoxy) is 2. The SMILES string of the molecule is CCOc1cc(/C=C(/C#N)c2nc3ccc(F)cc3[nH]2)c(Br)cc1OCc1ccc(F)cc1. The Balaban J connectivity index is 1.65. The van der Waals surface area contributed by atoms with Crippen molar-refractivity contribution in [2.24, 2.45) is 0 Å². The van der Waals surface area contributed by atoms with Crippen LogP contribution in [0.2, 0.25) is 0 Å². The molecule has 8 heteroatoms. The number of benzene rings is 3. The molecule has 0 amide bonds. The Hall–Kier alpha value is -3.70. The number of nitrogens with zero attached hydrogens (tertiary/aromatic N) is 2. The van der Waals surface area contributed by atoms with Gasteiger partial charge in [0.05, 0.1) is 23.2 Å². The first-order valence-electron chi connectivity index (χ1n) is 10.1. The zero-order chi connectivity index (χ0) is 23.4. The summed E-state index contributed by atoms with van der Waals surface area (Å²) in [7, 11) is 0. The highest BCUT2D eigenvalue weighted by Crippen LogP contribution is 2.36. The van der Waals surface area contributed by atoms with Gasteiger partial charge in [0.2, 0.25) is 0 Å². The summed E-state index contributed by atoms with van der Waals surface area (Å²) in [6.07, 6.45) is 1.66. The summed E-state index contributed by atoms with van der Waals surface area (Å²) in [6.45, 7) is 2.51. The van der Waals surface area contributed by atoms with Crippen molar-refractivity contribution in [3.05, 3.63) is 87.7 Å². The number of hydrogen-bond donors (Lipinski definition) is 1. The average Bonchev–Trinajstić information content (AvgIpc) is 3.22. The molecule has 4 rings (SSSR count). The smallest absolute Gasteiger partial charge is 0.162 e. The summed E-state index contributed by atoms with van der Waals surface area (Å²) in [4.78, 5) is 7.37. The van der Waals surface area contributed by atoms with E-state index in [1.807, 2.05) is 6.92 Å². The molecule has 0 radical (unpaired) electrons. The summed E-state index contributed by atoms with van der Waals surface area (Å²) < 4.78 is 38.9. The number of nitriles is 1. The van der Waals surface area contributed by atoms with Gasteiger partial charge in [0, 0.05) is 4.47 Å². The second-order valence-electron chi connectivity index (χ2n) is 7.09. The molecular weight excluding hydrogens is 492 g/mol.